The first-order valence-electron chi connectivity index (χ1n) is 7.72. The van der Waals surface area contributed by atoms with E-state index in [-0.39, 0.29) is 0 Å². The van der Waals surface area contributed by atoms with E-state index in [0.29, 0.717) is 40.2 Å². The number of benzene rings is 2. The third-order valence-corrected chi connectivity index (χ3v) is 6.69. The van der Waals surface area contributed by atoms with Gasteiger partial charge in [-0.1, -0.05) is 48.0 Å². The number of ether oxygens (including phenoxy) is 1. The maximum absolute atomic E-state index is 13.8. The van der Waals surface area contributed by atoms with Crippen molar-refractivity contribution in [3.63, 3.8) is 0 Å². The van der Waals surface area contributed by atoms with Gasteiger partial charge >= 0.3 is 0 Å². The molecule has 1 aliphatic heterocycles. The van der Waals surface area contributed by atoms with E-state index in [2.05, 4.69) is 6.58 Å². The predicted molar refractivity (Wildman–Crippen MR) is 99.1 cm³/mol. The van der Waals surface area contributed by atoms with E-state index in [1.165, 1.54) is 0 Å². The molecule has 24 heavy (non-hydrogen) atoms. The van der Waals surface area contributed by atoms with E-state index in [9.17, 15) is 4.57 Å². The number of fused-ring (bicyclic) bond motifs is 1. The molecule has 124 valence electrons. The van der Waals surface area contributed by atoms with Crippen LogP contribution in [0.3, 0.4) is 0 Å². The van der Waals surface area contributed by atoms with Gasteiger partial charge in [-0.25, -0.2) is 0 Å². The number of halogens is 1. The van der Waals surface area contributed by atoms with E-state index in [0.717, 1.165) is 5.56 Å². The first-order valence-corrected chi connectivity index (χ1v) is 9.73. The van der Waals surface area contributed by atoms with Crippen molar-refractivity contribution in [2.24, 2.45) is 0 Å². The standard InChI is InChI=1S/C19H18ClO3P/c1-3-8-17-19(14-9-6-5-7-10-14)23-16-12-11-15(20)13-18(16)24(17,21)22-4-2/h3,5-7,9-13H,1,4,8H2,2H3. The van der Waals surface area contributed by atoms with Gasteiger partial charge in [0.1, 0.15) is 11.5 Å². The summed E-state index contributed by atoms with van der Waals surface area (Å²) >= 11 is 6.11. The Bertz CT molecular complexity index is 843. The van der Waals surface area contributed by atoms with E-state index in [1.54, 1.807) is 24.3 Å². The van der Waals surface area contributed by atoms with Gasteiger partial charge in [-0.3, -0.25) is 4.57 Å². The molecule has 0 saturated heterocycles. The summed E-state index contributed by atoms with van der Waals surface area (Å²) in [4.78, 5) is 0. The number of allylic oxidation sites excluding steroid dienone is 2. The molecular weight excluding hydrogens is 343 g/mol. The van der Waals surface area contributed by atoms with Crippen LogP contribution in [-0.4, -0.2) is 6.61 Å². The van der Waals surface area contributed by atoms with Crippen LogP contribution >= 0.6 is 19.0 Å². The fourth-order valence-corrected chi connectivity index (χ4v) is 5.48. The smallest absolute Gasteiger partial charge is 0.265 e. The summed E-state index contributed by atoms with van der Waals surface area (Å²) in [6.45, 7) is 5.94. The van der Waals surface area contributed by atoms with Gasteiger partial charge in [-0.2, -0.15) is 0 Å². The molecule has 0 saturated carbocycles. The molecule has 1 aliphatic rings. The average molecular weight is 361 g/mol. The summed E-state index contributed by atoms with van der Waals surface area (Å²) in [6.07, 6.45) is 2.12. The lowest BCUT2D eigenvalue weighted by molar-refractivity contribution is 0.342. The summed E-state index contributed by atoms with van der Waals surface area (Å²) in [7, 11) is -3.28. The van der Waals surface area contributed by atoms with Gasteiger partial charge in [0.25, 0.3) is 7.37 Å². The Kier molecular flexibility index (Phi) is 4.96. The van der Waals surface area contributed by atoms with Gasteiger partial charge in [-0.05, 0) is 31.5 Å². The van der Waals surface area contributed by atoms with Crippen molar-refractivity contribution in [1.29, 1.82) is 0 Å². The Labute approximate surface area is 147 Å². The van der Waals surface area contributed by atoms with Gasteiger partial charge < -0.3 is 9.26 Å². The molecule has 0 bridgehead atoms. The Hall–Kier alpha value is -1.80. The Morgan fingerprint density at radius 1 is 1.25 bits per heavy atom. The monoisotopic (exact) mass is 360 g/mol. The van der Waals surface area contributed by atoms with Crippen molar-refractivity contribution >= 4 is 30.0 Å². The molecule has 5 heteroatoms. The van der Waals surface area contributed by atoms with Gasteiger partial charge in [0, 0.05) is 10.6 Å². The largest absolute Gasteiger partial charge is 0.455 e. The van der Waals surface area contributed by atoms with E-state index in [1.807, 2.05) is 37.3 Å². The molecule has 0 fully saturated rings. The highest BCUT2D eigenvalue weighted by Crippen LogP contribution is 2.62. The Balaban J connectivity index is 2.28. The second kappa shape index (κ2) is 6.98. The Morgan fingerprint density at radius 3 is 2.67 bits per heavy atom. The quantitative estimate of drug-likeness (QED) is 0.513. The molecule has 0 N–H and O–H groups in total. The molecule has 1 unspecified atom stereocenters. The second-order valence-corrected chi connectivity index (χ2v) is 8.14. The molecule has 3 rings (SSSR count). The van der Waals surface area contributed by atoms with Crippen LogP contribution in [0, 0.1) is 0 Å². The van der Waals surface area contributed by atoms with Crippen LogP contribution in [0.2, 0.25) is 5.02 Å². The lowest BCUT2D eigenvalue weighted by atomic mass is 10.1. The molecule has 1 atom stereocenters. The van der Waals surface area contributed by atoms with Crippen molar-refractivity contribution in [1.82, 2.24) is 0 Å². The molecule has 0 spiro atoms. The molecule has 2 aromatic rings. The third kappa shape index (κ3) is 2.95. The normalized spacial score (nSPS) is 19.6. The van der Waals surface area contributed by atoms with Crippen LogP contribution in [0.25, 0.3) is 5.76 Å². The number of rotatable bonds is 5. The fourth-order valence-electron chi connectivity index (χ4n) is 2.75. The lowest BCUT2D eigenvalue weighted by Gasteiger charge is -2.30. The maximum Gasteiger partial charge on any atom is 0.265 e. The minimum absolute atomic E-state index is 0.325. The first-order chi connectivity index (χ1) is 11.6. The summed E-state index contributed by atoms with van der Waals surface area (Å²) < 4.78 is 25.7. The molecule has 0 aliphatic carbocycles. The van der Waals surface area contributed by atoms with Gasteiger partial charge in [0.05, 0.1) is 17.2 Å². The van der Waals surface area contributed by atoms with Crippen LogP contribution in [0.4, 0.5) is 0 Å². The highest BCUT2D eigenvalue weighted by atomic mass is 35.5. The second-order valence-electron chi connectivity index (χ2n) is 5.32. The zero-order chi connectivity index (χ0) is 17.2. The van der Waals surface area contributed by atoms with Crippen LogP contribution in [0.1, 0.15) is 18.9 Å². The predicted octanol–water partition coefficient (Wildman–Crippen LogP) is 5.62. The van der Waals surface area contributed by atoms with Crippen molar-refractivity contribution in [3.8, 4) is 5.75 Å². The summed E-state index contributed by atoms with van der Waals surface area (Å²) in [5, 5.41) is 1.62. The average Bonchev–Trinajstić information content (AvgIpc) is 2.59. The molecule has 0 radical (unpaired) electrons. The van der Waals surface area contributed by atoms with Crippen molar-refractivity contribution in [2.75, 3.05) is 6.61 Å². The minimum Gasteiger partial charge on any atom is -0.455 e. The lowest BCUT2D eigenvalue weighted by Crippen LogP contribution is -2.20. The van der Waals surface area contributed by atoms with Crippen molar-refractivity contribution in [2.45, 2.75) is 13.3 Å². The van der Waals surface area contributed by atoms with Crippen LogP contribution < -0.4 is 10.0 Å². The van der Waals surface area contributed by atoms with Gasteiger partial charge in [0.2, 0.25) is 0 Å². The fraction of sp³-hybridized carbons (Fsp3) is 0.158. The molecular formula is C19H18ClO3P. The van der Waals surface area contributed by atoms with E-state index in [4.69, 9.17) is 20.9 Å². The van der Waals surface area contributed by atoms with Crippen LogP contribution in [0.5, 0.6) is 5.75 Å². The highest BCUT2D eigenvalue weighted by Gasteiger charge is 2.40. The Morgan fingerprint density at radius 2 is 2.00 bits per heavy atom. The third-order valence-electron chi connectivity index (χ3n) is 3.75. The summed E-state index contributed by atoms with van der Waals surface area (Å²) in [5.74, 6) is 1.09. The van der Waals surface area contributed by atoms with E-state index >= 15 is 0 Å². The van der Waals surface area contributed by atoms with Crippen molar-refractivity contribution < 1.29 is 13.8 Å². The summed E-state index contributed by atoms with van der Waals surface area (Å²) in [5.41, 5.74) is 0.856. The minimum atomic E-state index is -3.28. The SMILES string of the molecule is C=CCC1=C(c2ccccc2)Oc2ccc(Cl)cc2P1(=O)OCC. The molecule has 1 heterocycles. The van der Waals surface area contributed by atoms with Crippen LogP contribution in [0.15, 0.2) is 66.5 Å². The zero-order valence-corrected chi connectivity index (χ0v) is 15.0. The highest BCUT2D eigenvalue weighted by molar-refractivity contribution is 7.71. The molecule has 2 aromatic carbocycles. The molecule has 0 amide bonds. The zero-order valence-electron chi connectivity index (χ0n) is 13.4. The molecule has 0 aromatic heterocycles. The van der Waals surface area contributed by atoms with E-state index < -0.39 is 7.37 Å². The maximum atomic E-state index is 13.8. The van der Waals surface area contributed by atoms with Crippen LogP contribution in [-0.2, 0) is 9.09 Å². The topological polar surface area (TPSA) is 35.5 Å². The number of hydrogen-bond acceptors (Lipinski definition) is 3. The van der Waals surface area contributed by atoms with Crippen molar-refractivity contribution in [3.05, 3.63) is 77.1 Å². The molecule has 3 nitrogen and oxygen atoms in total. The first kappa shape index (κ1) is 17.0. The van der Waals surface area contributed by atoms with Gasteiger partial charge in [0.15, 0.2) is 0 Å². The summed E-state index contributed by atoms with van der Waals surface area (Å²) in [6, 6.07) is 14.7. The van der Waals surface area contributed by atoms with Gasteiger partial charge in [-0.15, -0.1) is 6.58 Å². The number of hydrogen-bond donors (Lipinski definition) is 0.